The predicted molar refractivity (Wildman–Crippen MR) is 217 cm³/mol. The second-order valence-electron chi connectivity index (χ2n) is 14.8. The number of alkyl halides is 1. The number of halogens is 1. The summed E-state index contributed by atoms with van der Waals surface area (Å²) < 4.78 is 78.8. The molecule has 55 heavy (non-hydrogen) atoms. The Balaban J connectivity index is 0.000000891. The fourth-order valence-electron chi connectivity index (χ4n) is 4.76. The summed E-state index contributed by atoms with van der Waals surface area (Å²) in [5.41, 5.74) is 1.52. The zero-order chi connectivity index (χ0) is 43.3. The molecule has 2 aromatic carbocycles. The Hall–Kier alpha value is -2.80. The lowest BCUT2D eigenvalue weighted by atomic mass is 10.1. The minimum atomic E-state index is -3.69. The van der Waals surface area contributed by atoms with Crippen LogP contribution in [0.1, 0.15) is 77.6 Å². The molecule has 0 aliphatic heterocycles. The van der Waals surface area contributed by atoms with Crippen LogP contribution in [0.4, 0.5) is 0 Å². The maximum absolute atomic E-state index is 12.9. The van der Waals surface area contributed by atoms with Crippen LogP contribution in [-0.2, 0) is 43.8 Å². The van der Waals surface area contributed by atoms with Crippen molar-refractivity contribution in [3.63, 3.8) is 0 Å². The van der Waals surface area contributed by atoms with E-state index >= 15 is 0 Å². The average Bonchev–Trinajstić information content (AvgIpc) is 3.02. The van der Waals surface area contributed by atoms with Crippen molar-refractivity contribution in [2.24, 2.45) is 0 Å². The Morgan fingerprint density at radius 2 is 1.02 bits per heavy atom. The first kappa shape index (κ1) is 52.2. The second-order valence-corrected chi connectivity index (χ2v) is 20.1. The molecule has 0 radical (unpaired) electrons. The van der Waals surface area contributed by atoms with E-state index in [0.29, 0.717) is 33.8 Å². The number of aliphatic hydroxyl groups excluding tert-OH is 1. The summed E-state index contributed by atoms with van der Waals surface area (Å²) in [6, 6.07) is 6.75. The lowest BCUT2D eigenvalue weighted by Gasteiger charge is -2.23. The van der Waals surface area contributed by atoms with E-state index in [1.807, 2.05) is 20.8 Å². The van der Waals surface area contributed by atoms with Gasteiger partial charge >= 0.3 is 11.9 Å². The van der Waals surface area contributed by atoms with Crippen molar-refractivity contribution in [2.45, 2.75) is 115 Å². The lowest BCUT2D eigenvalue weighted by molar-refractivity contribution is -0.167. The molecule has 0 aromatic heterocycles. The highest BCUT2D eigenvalue weighted by Crippen LogP contribution is 2.29. The maximum Gasteiger partial charge on any atom is 0.335 e. The zero-order valence-electron chi connectivity index (χ0n) is 35.3. The van der Waals surface area contributed by atoms with Gasteiger partial charge in [0.25, 0.3) is 0 Å². The molecule has 2 atom stereocenters. The number of aryl methyl sites for hydroxylation is 4. The molecular formula is C38H63BrN2O12S2. The number of rotatable bonds is 14. The van der Waals surface area contributed by atoms with Gasteiger partial charge in [0, 0.05) is 27.2 Å². The number of esters is 2. The van der Waals surface area contributed by atoms with Gasteiger partial charge in [-0.25, -0.2) is 21.6 Å². The number of hydrogen-bond acceptors (Lipinski definition) is 12. The van der Waals surface area contributed by atoms with Gasteiger partial charge in [-0.2, -0.15) is 8.61 Å². The summed E-state index contributed by atoms with van der Waals surface area (Å²) in [6.07, 6.45) is -0.773. The highest BCUT2D eigenvalue weighted by atomic mass is 79.9. The number of carbonyl (C=O) groups is 2. The molecule has 17 heteroatoms. The van der Waals surface area contributed by atoms with Crippen molar-refractivity contribution < 1.29 is 55.2 Å². The Bertz CT molecular complexity index is 1740. The largest absolute Gasteiger partial charge is 0.497 e. The summed E-state index contributed by atoms with van der Waals surface area (Å²) in [5, 5.41) is 8.84. The molecule has 2 unspecified atom stereocenters. The molecule has 0 amide bonds. The Morgan fingerprint density at radius 1 is 0.691 bits per heavy atom. The molecule has 0 heterocycles. The number of likely N-dealkylation sites (N-methyl/N-ethyl adjacent to an activating group) is 2. The van der Waals surface area contributed by atoms with Crippen LogP contribution in [0.3, 0.4) is 0 Å². The van der Waals surface area contributed by atoms with Gasteiger partial charge < -0.3 is 28.8 Å². The van der Waals surface area contributed by atoms with E-state index in [1.165, 1.54) is 25.5 Å². The number of hydrogen-bond donors (Lipinski definition) is 1. The van der Waals surface area contributed by atoms with Crippen molar-refractivity contribution >= 4 is 47.9 Å². The molecule has 1 N–H and O–H groups in total. The van der Waals surface area contributed by atoms with Crippen LogP contribution in [-0.4, -0.2) is 119 Å². The third-order valence-electron chi connectivity index (χ3n) is 7.33. The van der Waals surface area contributed by atoms with Gasteiger partial charge in [-0.1, -0.05) is 15.9 Å². The van der Waals surface area contributed by atoms with E-state index in [0.717, 1.165) is 4.31 Å². The lowest BCUT2D eigenvalue weighted by Crippen LogP contribution is -2.35. The molecule has 316 valence electrons. The van der Waals surface area contributed by atoms with Crippen LogP contribution in [0, 0.1) is 27.7 Å². The quantitative estimate of drug-likeness (QED) is 0.181. The van der Waals surface area contributed by atoms with Crippen molar-refractivity contribution in [1.29, 1.82) is 0 Å². The first-order valence-electron chi connectivity index (χ1n) is 17.5. The standard InChI is InChI=1S/C19H31NO6S.C12H19NO4S.C7H13BrO2/c1-13-11-16(24-8)12-14(2)17(13)27(22,23)20(7)9-10-25-15(3)18(21)26-19(4,5)6;1-9-7-11(17-4)8-10(2)12(9)18(15,16)13(3)5-6-14;1-5(8)6(9)10-7(2,3)4/h11-12,15H,9-10H2,1-8H3;7-8,14H,5-6H2,1-4H3;5H,1-4H3. The van der Waals surface area contributed by atoms with Crippen LogP contribution in [0.2, 0.25) is 0 Å². The van der Waals surface area contributed by atoms with Crippen molar-refractivity contribution in [3.8, 4) is 11.5 Å². The Kier molecular flexibility index (Phi) is 21.1. The molecule has 14 nitrogen and oxygen atoms in total. The second kappa shape index (κ2) is 22.2. The number of aliphatic hydroxyl groups is 1. The summed E-state index contributed by atoms with van der Waals surface area (Å²) in [5.74, 6) is 0.553. The first-order valence-corrected chi connectivity index (χ1v) is 21.3. The smallest absolute Gasteiger partial charge is 0.335 e. The fourth-order valence-corrected chi connectivity index (χ4v) is 7.97. The summed E-state index contributed by atoms with van der Waals surface area (Å²) in [7, 11) is -1.24. The number of benzene rings is 2. The SMILES string of the molecule is CC(Br)C(=O)OC(C)(C)C.COc1cc(C)c(S(=O)(=O)N(C)CCO)c(C)c1.COc1cc(C)c(S(=O)(=O)N(C)CCOC(C)C(=O)OC(C)(C)C)c(C)c1. The number of methoxy groups -OCH3 is 2. The minimum absolute atomic E-state index is 0.0738. The third-order valence-corrected chi connectivity index (χ3v) is 12.0. The van der Waals surface area contributed by atoms with Gasteiger partial charge in [0.15, 0.2) is 6.10 Å². The van der Waals surface area contributed by atoms with E-state index in [9.17, 15) is 26.4 Å². The van der Waals surface area contributed by atoms with Crippen LogP contribution in [0.25, 0.3) is 0 Å². The molecular weight excluding hydrogens is 820 g/mol. The molecule has 0 aliphatic carbocycles. The van der Waals surface area contributed by atoms with E-state index in [2.05, 4.69) is 15.9 Å². The molecule has 2 rings (SSSR count). The maximum atomic E-state index is 12.9. The first-order chi connectivity index (χ1) is 25.0. The van der Waals surface area contributed by atoms with Gasteiger partial charge in [0.2, 0.25) is 20.0 Å². The molecule has 0 aliphatic rings. The highest BCUT2D eigenvalue weighted by molar-refractivity contribution is 9.10. The summed E-state index contributed by atoms with van der Waals surface area (Å²) in [6.45, 7) is 21.2. The van der Waals surface area contributed by atoms with Crippen LogP contribution < -0.4 is 9.47 Å². The van der Waals surface area contributed by atoms with Crippen LogP contribution in [0.5, 0.6) is 11.5 Å². The van der Waals surface area contributed by atoms with E-state index in [-0.39, 0.29) is 52.5 Å². The molecule has 2 aromatic rings. The van der Waals surface area contributed by atoms with Crippen molar-refractivity contribution in [2.75, 3.05) is 54.6 Å². The molecule has 0 fully saturated rings. The number of ether oxygens (including phenoxy) is 5. The van der Waals surface area contributed by atoms with E-state index < -0.39 is 37.7 Å². The topological polar surface area (TPSA) is 175 Å². The zero-order valence-corrected chi connectivity index (χ0v) is 38.5. The Labute approximate surface area is 338 Å². The third kappa shape index (κ3) is 17.5. The van der Waals surface area contributed by atoms with Gasteiger partial charge in [0.05, 0.1) is 37.2 Å². The van der Waals surface area contributed by atoms with Gasteiger partial charge in [-0.15, -0.1) is 0 Å². The van der Waals surface area contributed by atoms with E-state index in [4.69, 9.17) is 28.8 Å². The van der Waals surface area contributed by atoms with Crippen molar-refractivity contribution in [3.05, 3.63) is 46.5 Å². The molecule has 0 saturated heterocycles. The van der Waals surface area contributed by atoms with Crippen molar-refractivity contribution in [1.82, 2.24) is 8.61 Å². The van der Waals surface area contributed by atoms with Gasteiger partial charge in [-0.3, -0.25) is 4.79 Å². The fraction of sp³-hybridized carbons (Fsp3) is 0.632. The molecule has 0 bridgehead atoms. The Morgan fingerprint density at radius 3 is 1.29 bits per heavy atom. The summed E-state index contributed by atoms with van der Waals surface area (Å²) >= 11 is 3.12. The normalized spacial score (nSPS) is 13.2. The van der Waals surface area contributed by atoms with E-state index in [1.54, 1.807) is 93.7 Å². The molecule has 0 spiro atoms. The molecule has 0 saturated carbocycles. The number of carbonyl (C=O) groups excluding carboxylic acids is 2. The highest BCUT2D eigenvalue weighted by Gasteiger charge is 2.28. The van der Waals surface area contributed by atoms with Crippen LogP contribution in [0.15, 0.2) is 34.1 Å². The number of nitrogens with zero attached hydrogens (tertiary/aromatic N) is 2. The van der Waals surface area contributed by atoms with Gasteiger partial charge in [-0.05, 0) is 130 Å². The average molecular weight is 884 g/mol. The monoisotopic (exact) mass is 882 g/mol. The van der Waals surface area contributed by atoms with Gasteiger partial charge in [0.1, 0.15) is 27.5 Å². The number of sulfonamides is 2. The van der Waals surface area contributed by atoms with Crippen LogP contribution >= 0.6 is 15.9 Å². The summed E-state index contributed by atoms with van der Waals surface area (Å²) in [4.78, 5) is 23.1. The predicted octanol–water partition coefficient (Wildman–Crippen LogP) is 5.72. The minimum Gasteiger partial charge on any atom is -0.497 e.